The lowest BCUT2D eigenvalue weighted by Gasteiger charge is -2.47. The maximum atomic E-state index is 14.5. The van der Waals surface area contributed by atoms with E-state index in [1.165, 1.54) is 4.90 Å². The number of alkyl halides is 1. The molecule has 4 nitrogen and oxygen atoms in total. The summed E-state index contributed by atoms with van der Waals surface area (Å²) in [5, 5.41) is 9.14. The van der Waals surface area contributed by atoms with E-state index in [4.69, 9.17) is 10.8 Å². The van der Waals surface area contributed by atoms with Crippen LogP contribution in [-0.4, -0.2) is 40.9 Å². The minimum Gasteiger partial charge on any atom is -0.465 e. The van der Waals surface area contributed by atoms with Crippen LogP contribution in [0.25, 0.3) is 0 Å². The van der Waals surface area contributed by atoms with Crippen LogP contribution in [0.4, 0.5) is 9.18 Å². The Bertz CT molecular complexity index is 289. The van der Waals surface area contributed by atoms with Crippen LogP contribution in [0.2, 0.25) is 0 Å². The van der Waals surface area contributed by atoms with Crippen molar-refractivity contribution in [1.82, 2.24) is 4.90 Å². The highest BCUT2D eigenvalue weighted by Gasteiger charge is 2.47. The molecule has 1 aliphatic heterocycles. The van der Waals surface area contributed by atoms with Gasteiger partial charge in [-0.2, -0.15) is 0 Å². The number of carboxylic acid groups (broad SMARTS) is 1. The summed E-state index contributed by atoms with van der Waals surface area (Å²) in [6.45, 7) is 7.74. The molecule has 1 fully saturated rings. The van der Waals surface area contributed by atoms with Crippen molar-refractivity contribution in [1.29, 1.82) is 0 Å². The van der Waals surface area contributed by atoms with Gasteiger partial charge >= 0.3 is 6.09 Å². The van der Waals surface area contributed by atoms with Gasteiger partial charge in [-0.1, -0.05) is 20.8 Å². The van der Waals surface area contributed by atoms with Crippen molar-refractivity contribution < 1.29 is 14.3 Å². The summed E-state index contributed by atoms with van der Waals surface area (Å²) in [7, 11) is 0. The normalized spacial score (nSPS) is 32.4. The first-order valence-corrected chi connectivity index (χ1v) is 6.05. The van der Waals surface area contributed by atoms with Gasteiger partial charge in [0.05, 0.1) is 6.04 Å². The largest absolute Gasteiger partial charge is 0.465 e. The molecule has 0 aromatic rings. The smallest absolute Gasteiger partial charge is 0.407 e. The molecule has 5 heteroatoms. The molecular formula is C12H23FN2O2. The Morgan fingerprint density at radius 3 is 2.41 bits per heavy atom. The standard InChI is InChI=1S/C12H23FN2O2/c1-7(14)8-5-6-15(11(16)17)10(9(8)13)12(2,3)4/h7-10H,5-6,14H2,1-4H3,(H,16,17)/t7-,8+,9-,10?/m0/s1. The predicted molar refractivity (Wildman–Crippen MR) is 64.6 cm³/mol. The first kappa shape index (κ1) is 14.2. The molecule has 1 rings (SSSR count). The lowest BCUT2D eigenvalue weighted by Crippen LogP contribution is -2.60. The van der Waals surface area contributed by atoms with E-state index in [9.17, 15) is 9.18 Å². The highest BCUT2D eigenvalue weighted by molar-refractivity contribution is 5.66. The molecule has 0 aliphatic carbocycles. The molecule has 3 N–H and O–H groups in total. The van der Waals surface area contributed by atoms with Gasteiger partial charge in [0.15, 0.2) is 0 Å². The van der Waals surface area contributed by atoms with E-state index in [1.807, 2.05) is 20.8 Å². The molecule has 0 saturated carbocycles. The SMILES string of the molecule is C[C@H](N)[C@H]1CCN(C(=O)O)C(C(C)(C)C)[C@H]1F. The van der Waals surface area contributed by atoms with E-state index in [-0.39, 0.29) is 12.0 Å². The summed E-state index contributed by atoms with van der Waals surface area (Å²) in [4.78, 5) is 12.4. The molecule has 0 aromatic heterocycles. The monoisotopic (exact) mass is 246 g/mol. The van der Waals surface area contributed by atoms with E-state index in [1.54, 1.807) is 6.92 Å². The lowest BCUT2D eigenvalue weighted by atomic mass is 9.74. The van der Waals surface area contributed by atoms with Gasteiger partial charge in [0.2, 0.25) is 0 Å². The summed E-state index contributed by atoms with van der Waals surface area (Å²) < 4.78 is 14.5. The second kappa shape index (κ2) is 4.80. The van der Waals surface area contributed by atoms with Crippen LogP contribution < -0.4 is 5.73 Å². The highest BCUT2D eigenvalue weighted by atomic mass is 19.1. The van der Waals surface area contributed by atoms with Gasteiger partial charge in [-0.05, 0) is 18.8 Å². The zero-order valence-electron chi connectivity index (χ0n) is 11.0. The number of hydrogen-bond acceptors (Lipinski definition) is 2. The van der Waals surface area contributed by atoms with E-state index < -0.39 is 23.7 Å². The van der Waals surface area contributed by atoms with Gasteiger partial charge < -0.3 is 15.7 Å². The van der Waals surface area contributed by atoms with Crippen molar-refractivity contribution >= 4 is 6.09 Å². The van der Waals surface area contributed by atoms with E-state index in [0.29, 0.717) is 13.0 Å². The fourth-order valence-electron chi connectivity index (χ4n) is 2.71. The van der Waals surface area contributed by atoms with Crippen molar-refractivity contribution in [2.24, 2.45) is 17.1 Å². The maximum absolute atomic E-state index is 14.5. The quantitative estimate of drug-likeness (QED) is 0.744. The molecule has 1 amide bonds. The minimum absolute atomic E-state index is 0.245. The Morgan fingerprint density at radius 1 is 1.53 bits per heavy atom. The van der Waals surface area contributed by atoms with Crippen LogP contribution in [0.1, 0.15) is 34.1 Å². The van der Waals surface area contributed by atoms with Crippen LogP contribution in [-0.2, 0) is 0 Å². The van der Waals surface area contributed by atoms with Crippen molar-refractivity contribution in [3.63, 3.8) is 0 Å². The van der Waals surface area contributed by atoms with Gasteiger partial charge in [0.25, 0.3) is 0 Å². The molecule has 0 spiro atoms. The van der Waals surface area contributed by atoms with Gasteiger partial charge in [0.1, 0.15) is 6.17 Å². The molecule has 0 radical (unpaired) electrons. The summed E-state index contributed by atoms with van der Waals surface area (Å²) in [5.41, 5.74) is 5.35. The van der Waals surface area contributed by atoms with Gasteiger partial charge in [-0.25, -0.2) is 9.18 Å². The second-order valence-electron chi connectivity index (χ2n) is 6.04. The number of nitrogens with two attached hydrogens (primary N) is 1. The Morgan fingerprint density at radius 2 is 2.06 bits per heavy atom. The van der Waals surface area contributed by atoms with Crippen molar-refractivity contribution in [3.05, 3.63) is 0 Å². The maximum Gasteiger partial charge on any atom is 0.407 e. The zero-order valence-corrected chi connectivity index (χ0v) is 11.0. The molecule has 1 unspecified atom stereocenters. The van der Waals surface area contributed by atoms with E-state index in [0.717, 1.165) is 0 Å². The summed E-state index contributed by atoms with van der Waals surface area (Å²) in [6, 6.07) is -0.865. The Balaban J connectivity index is 2.99. The number of hydrogen-bond donors (Lipinski definition) is 2. The molecule has 4 atom stereocenters. The fraction of sp³-hybridized carbons (Fsp3) is 0.917. The van der Waals surface area contributed by atoms with Crippen molar-refractivity contribution in [2.45, 2.75) is 52.4 Å². The van der Waals surface area contributed by atoms with E-state index in [2.05, 4.69) is 0 Å². The third-order valence-electron chi connectivity index (χ3n) is 3.56. The van der Waals surface area contributed by atoms with Crippen LogP contribution in [0.15, 0.2) is 0 Å². The first-order chi connectivity index (χ1) is 7.66. The zero-order chi connectivity index (χ0) is 13.4. The first-order valence-electron chi connectivity index (χ1n) is 6.05. The van der Waals surface area contributed by atoms with E-state index >= 15 is 0 Å². The number of halogens is 1. The summed E-state index contributed by atoms with van der Waals surface area (Å²) in [6.07, 6.45) is -1.74. The Hall–Kier alpha value is -0.840. The predicted octanol–water partition coefficient (Wildman–Crippen LogP) is 2.09. The lowest BCUT2D eigenvalue weighted by molar-refractivity contribution is -0.0268. The molecule has 1 aliphatic rings. The van der Waals surface area contributed by atoms with Gasteiger partial charge in [-0.3, -0.25) is 0 Å². The highest BCUT2D eigenvalue weighted by Crippen LogP contribution is 2.37. The number of carbonyl (C=O) groups is 1. The van der Waals surface area contributed by atoms with Crippen LogP contribution in [0, 0.1) is 11.3 Å². The number of amides is 1. The van der Waals surface area contributed by atoms with Gasteiger partial charge in [0, 0.05) is 18.5 Å². The van der Waals surface area contributed by atoms with Crippen molar-refractivity contribution in [3.8, 4) is 0 Å². The number of rotatable bonds is 1. The van der Waals surface area contributed by atoms with Crippen LogP contribution in [0.5, 0.6) is 0 Å². The van der Waals surface area contributed by atoms with Gasteiger partial charge in [-0.15, -0.1) is 0 Å². The number of piperidine rings is 1. The minimum atomic E-state index is -1.19. The van der Waals surface area contributed by atoms with Crippen LogP contribution >= 0.6 is 0 Å². The molecular weight excluding hydrogens is 223 g/mol. The molecule has 100 valence electrons. The topological polar surface area (TPSA) is 66.6 Å². The Labute approximate surface area is 102 Å². The molecule has 17 heavy (non-hydrogen) atoms. The molecule has 1 saturated heterocycles. The molecule has 0 aromatic carbocycles. The van der Waals surface area contributed by atoms with Crippen molar-refractivity contribution in [2.75, 3.05) is 6.54 Å². The third-order valence-corrected chi connectivity index (χ3v) is 3.56. The average molecular weight is 246 g/mol. The second-order valence-corrected chi connectivity index (χ2v) is 6.04. The average Bonchev–Trinajstić information content (AvgIpc) is 2.14. The molecule has 1 heterocycles. The fourth-order valence-corrected chi connectivity index (χ4v) is 2.71. The third kappa shape index (κ3) is 2.89. The molecule has 0 bridgehead atoms. The van der Waals surface area contributed by atoms with Crippen LogP contribution in [0.3, 0.4) is 0 Å². The Kier molecular flexibility index (Phi) is 4.02. The number of likely N-dealkylation sites (tertiary alicyclic amines) is 1. The number of nitrogens with zero attached hydrogens (tertiary/aromatic N) is 1. The summed E-state index contributed by atoms with van der Waals surface area (Å²) >= 11 is 0. The summed E-state index contributed by atoms with van der Waals surface area (Å²) in [5.74, 6) is -0.255.